The second kappa shape index (κ2) is 11.9. The monoisotopic (exact) mass is 462 g/mol. The van der Waals surface area contributed by atoms with Gasteiger partial charge < -0.3 is 18.9 Å². The Morgan fingerprint density at radius 1 is 0.706 bits per heavy atom. The van der Waals surface area contributed by atoms with Crippen molar-refractivity contribution in [3.8, 4) is 11.5 Å². The first-order valence-electron chi connectivity index (χ1n) is 11.3. The molecule has 6 heteroatoms. The van der Waals surface area contributed by atoms with Crippen LogP contribution in [0.5, 0.6) is 11.5 Å². The third-order valence-electron chi connectivity index (χ3n) is 5.42. The van der Waals surface area contributed by atoms with Crippen LogP contribution in [0.3, 0.4) is 0 Å². The smallest absolute Gasteiger partial charge is 0.330 e. The predicted octanol–water partition coefficient (Wildman–Crippen LogP) is 5.77. The summed E-state index contributed by atoms with van der Waals surface area (Å²) in [6, 6.07) is 15.9. The van der Waals surface area contributed by atoms with Gasteiger partial charge in [-0.3, -0.25) is 0 Å². The fourth-order valence-electron chi connectivity index (χ4n) is 3.41. The van der Waals surface area contributed by atoms with E-state index in [1.54, 1.807) is 0 Å². The number of rotatable bonds is 12. The van der Waals surface area contributed by atoms with Crippen LogP contribution in [-0.4, -0.2) is 37.4 Å². The molecule has 0 heterocycles. The highest BCUT2D eigenvalue weighted by Gasteiger charge is 2.13. The topological polar surface area (TPSA) is 71.1 Å². The maximum atomic E-state index is 11.4. The third kappa shape index (κ3) is 6.61. The van der Waals surface area contributed by atoms with Crippen LogP contribution in [0.4, 0.5) is 0 Å². The summed E-state index contributed by atoms with van der Waals surface area (Å²) in [5.74, 6) is 0.512. The van der Waals surface area contributed by atoms with E-state index < -0.39 is 11.9 Å². The Morgan fingerprint density at radius 2 is 1.12 bits per heavy atom. The molecule has 0 saturated heterocycles. The Labute approximate surface area is 199 Å². The first-order valence-corrected chi connectivity index (χ1v) is 11.3. The van der Waals surface area contributed by atoms with Crippen LogP contribution >= 0.6 is 0 Å². The van der Waals surface area contributed by atoms with Gasteiger partial charge in [-0.15, -0.1) is 0 Å². The quantitative estimate of drug-likeness (QED) is 0.193. The molecule has 0 aliphatic rings. The van der Waals surface area contributed by atoms with E-state index in [1.165, 1.54) is 0 Å². The first kappa shape index (κ1) is 24.8. The van der Waals surface area contributed by atoms with E-state index in [1.807, 2.05) is 50.2 Å². The van der Waals surface area contributed by atoms with Crippen molar-refractivity contribution in [3.63, 3.8) is 0 Å². The van der Waals surface area contributed by atoms with Gasteiger partial charge in [0.25, 0.3) is 0 Å². The van der Waals surface area contributed by atoms with E-state index >= 15 is 0 Å². The van der Waals surface area contributed by atoms with Crippen LogP contribution < -0.4 is 9.47 Å². The number of ether oxygens (including phenoxy) is 4. The summed E-state index contributed by atoms with van der Waals surface area (Å²) in [5, 5.41) is 4.20. The van der Waals surface area contributed by atoms with Crippen molar-refractivity contribution in [3.05, 3.63) is 73.8 Å². The number of hydrogen-bond donors (Lipinski definition) is 0. The second-order valence-corrected chi connectivity index (χ2v) is 7.83. The molecule has 0 bridgehead atoms. The molecule has 178 valence electrons. The van der Waals surface area contributed by atoms with Crippen LogP contribution in [0.2, 0.25) is 0 Å². The Balaban J connectivity index is 1.71. The summed E-state index contributed by atoms with van der Waals surface area (Å²) in [6.07, 6.45) is 2.95. The van der Waals surface area contributed by atoms with E-state index in [-0.39, 0.29) is 25.4 Å². The zero-order valence-electron chi connectivity index (χ0n) is 19.6. The van der Waals surface area contributed by atoms with E-state index in [2.05, 4.69) is 25.3 Å². The average Bonchev–Trinajstić information content (AvgIpc) is 2.86. The summed E-state index contributed by atoms with van der Waals surface area (Å²) in [5.41, 5.74) is 0. The van der Waals surface area contributed by atoms with Gasteiger partial charge in [0.15, 0.2) is 0 Å². The number of carbonyl (C=O) groups is 2. The highest BCUT2D eigenvalue weighted by atomic mass is 16.6. The van der Waals surface area contributed by atoms with Crippen LogP contribution in [0.1, 0.15) is 26.7 Å². The molecule has 0 aliphatic heterocycles. The van der Waals surface area contributed by atoms with Crippen molar-refractivity contribution in [1.82, 2.24) is 0 Å². The maximum absolute atomic E-state index is 11.4. The van der Waals surface area contributed by atoms with Gasteiger partial charge in [0.05, 0.1) is 0 Å². The van der Waals surface area contributed by atoms with Crippen molar-refractivity contribution in [1.29, 1.82) is 0 Å². The molecule has 2 atom stereocenters. The van der Waals surface area contributed by atoms with Gasteiger partial charge in [-0.25, -0.2) is 9.59 Å². The van der Waals surface area contributed by atoms with Gasteiger partial charge >= 0.3 is 11.9 Å². The van der Waals surface area contributed by atoms with Crippen LogP contribution in [-0.2, 0) is 19.1 Å². The molecular weight excluding hydrogens is 432 g/mol. The molecule has 6 nitrogen and oxygen atoms in total. The molecule has 0 spiro atoms. The lowest BCUT2D eigenvalue weighted by atomic mass is 10.0. The molecule has 3 aromatic rings. The molecule has 0 fully saturated rings. The zero-order chi connectivity index (χ0) is 24.5. The van der Waals surface area contributed by atoms with Crippen molar-refractivity contribution in [2.24, 2.45) is 0 Å². The van der Waals surface area contributed by atoms with Crippen molar-refractivity contribution >= 4 is 33.5 Å². The number of esters is 2. The molecule has 0 aromatic heterocycles. The summed E-state index contributed by atoms with van der Waals surface area (Å²) in [7, 11) is 0. The maximum Gasteiger partial charge on any atom is 0.330 e. The summed E-state index contributed by atoms with van der Waals surface area (Å²) in [4.78, 5) is 22.9. The molecule has 0 amide bonds. The largest absolute Gasteiger partial charge is 0.490 e. The van der Waals surface area contributed by atoms with Gasteiger partial charge in [0, 0.05) is 12.2 Å². The molecule has 0 radical (unpaired) electrons. The molecule has 0 saturated carbocycles. The van der Waals surface area contributed by atoms with Gasteiger partial charge in [-0.05, 0) is 70.8 Å². The first-order chi connectivity index (χ1) is 16.4. The lowest BCUT2D eigenvalue weighted by Crippen LogP contribution is -2.23. The fraction of sp³-hybridized carbons (Fsp3) is 0.286. The molecule has 3 aromatic carbocycles. The van der Waals surface area contributed by atoms with E-state index in [9.17, 15) is 9.59 Å². The Morgan fingerprint density at radius 3 is 1.47 bits per heavy atom. The minimum Gasteiger partial charge on any atom is -0.490 e. The molecule has 0 N–H and O–H groups in total. The number of fused-ring (bicyclic) bond motifs is 2. The molecule has 2 unspecified atom stereocenters. The number of benzene rings is 3. The number of hydrogen-bond acceptors (Lipinski definition) is 6. The van der Waals surface area contributed by atoms with Gasteiger partial charge in [-0.2, -0.15) is 0 Å². The van der Waals surface area contributed by atoms with Crippen molar-refractivity contribution in [2.45, 2.75) is 38.9 Å². The SMILES string of the molecule is C=CC(=O)OC(CC)COc1ccc2cc3cc(OCC(CC)OC(=O)C=C)ccc3cc2c1. The highest BCUT2D eigenvalue weighted by Crippen LogP contribution is 2.29. The summed E-state index contributed by atoms with van der Waals surface area (Å²) in [6.45, 7) is 11.3. The minimum atomic E-state index is -0.452. The Hall–Kier alpha value is -3.80. The normalized spacial score (nSPS) is 12.5. The average molecular weight is 463 g/mol. The molecule has 0 aliphatic carbocycles. The third-order valence-corrected chi connectivity index (χ3v) is 5.42. The lowest BCUT2D eigenvalue weighted by molar-refractivity contribution is -0.145. The van der Waals surface area contributed by atoms with Gasteiger partial charge in [0.2, 0.25) is 0 Å². The lowest BCUT2D eigenvalue weighted by Gasteiger charge is -2.17. The molecule has 34 heavy (non-hydrogen) atoms. The molecule has 3 rings (SSSR count). The van der Waals surface area contributed by atoms with E-state index in [0.29, 0.717) is 24.3 Å². The highest BCUT2D eigenvalue weighted by molar-refractivity contribution is 5.99. The summed E-state index contributed by atoms with van der Waals surface area (Å²) >= 11 is 0. The van der Waals surface area contributed by atoms with Gasteiger partial charge in [-0.1, -0.05) is 39.1 Å². The number of carbonyl (C=O) groups excluding carboxylic acids is 2. The summed E-state index contributed by atoms with van der Waals surface area (Å²) < 4.78 is 22.3. The Kier molecular flexibility index (Phi) is 8.68. The van der Waals surface area contributed by atoms with Crippen LogP contribution in [0.15, 0.2) is 73.8 Å². The van der Waals surface area contributed by atoms with Gasteiger partial charge in [0.1, 0.15) is 36.9 Å². The minimum absolute atomic E-state index is 0.275. The fourth-order valence-corrected chi connectivity index (χ4v) is 3.41. The second-order valence-electron chi connectivity index (χ2n) is 7.83. The van der Waals surface area contributed by atoms with Crippen molar-refractivity contribution < 1.29 is 28.5 Å². The predicted molar refractivity (Wildman–Crippen MR) is 133 cm³/mol. The van der Waals surface area contributed by atoms with E-state index in [4.69, 9.17) is 18.9 Å². The van der Waals surface area contributed by atoms with Crippen LogP contribution in [0.25, 0.3) is 21.5 Å². The molecular formula is C28H30O6. The van der Waals surface area contributed by atoms with Crippen molar-refractivity contribution in [2.75, 3.05) is 13.2 Å². The Bertz CT molecular complexity index is 1090. The standard InChI is InChI=1S/C28H30O6/c1-5-23(33-27(29)7-3)17-31-25-11-9-19-14-22-16-26(12-10-20(22)13-21(19)15-25)32-18-24(6-2)34-28(30)8-4/h7-16,23-24H,3-6,17-18H2,1-2H3. The van der Waals surface area contributed by atoms with E-state index in [0.717, 1.165) is 33.7 Å². The zero-order valence-corrected chi connectivity index (χ0v) is 19.6. The van der Waals surface area contributed by atoms with Crippen LogP contribution in [0, 0.1) is 0 Å².